The summed E-state index contributed by atoms with van der Waals surface area (Å²) in [6, 6.07) is 2.92. The topological polar surface area (TPSA) is 48.2 Å². The van der Waals surface area contributed by atoms with Crippen LogP contribution < -0.4 is 0 Å². The lowest BCUT2D eigenvalue weighted by Crippen LogP contribution is -2.40. The van der Waals surface area contributed by atoms with Gasteiger partial charge in [0.15, 0.2) is 8.32 Å². The van der Waals surface area contributed by atoms with E-state index < -0.39 is 14.3 Å². The van der Waals surface area contributed by atoms with Gasteiger partial charge in [0.2, 0.25) is 5.95 Å². The molecule has 0 aliphatic rings. The Morgan fingerprint density at radius 2 is 2.00 bits per heavy atom. The van der Waals surface area contributed by atoms with Gasteiger partial charge < -0.3 is 8.95 Å². The Hall–Kier alpha value is -1.27. The average Bonchev–Trinajstić information content (AvgIpc) is 2.67. The van der Waals surface area contributed by atoms with Gasteiger partial charge in [-0.15, -0.1) is 0 Å². The maximum Gasteiger partial charge on any atom is 0.260 e. The molecule has 4 nitrogen and oxygen atoms in total. The molecular formula is C13H19FN2O2Si. The van der Waals surface area contributed by atoms with Gasteiger partial charge in [0.1, 0.15) is 5.69 Å². The van der Waals surface area contributed by atoms with Crippen LogP contribution in [0, 0.1) is 5.95 Å². The van der Waals surface area contributed by atoms with Crippen LogP contribution in [0.3, 0.4) is 0 Å². The summed E-state index contributed by atoms with van der Waals surface area (Å²) >= 11 is 0. The fourth-order valence-corrected chi connectivity index (χ4v) is 2.35. The normalized spacial score (nSPS) is 13.2. The Kier molecular flexibility index (Phi) is 3.48. The first kappa shape index (κ1) is 14.1. The quantitative estimate of drug-likeness (QED) is 0.633. The average molecular weight is 282 g/mol. The molecule has 0 saturated carbocycles. The summed E-state index contributed by atoms with van der Waals surface area (Å²) in [5.74, 6) is -0.569. The maximum absolute atomic E-state index is 13.0. The second kappa shape index (κ2) is 4.68. The lowest BCUT2D eigenvalue weighted by atomic mass is 10.2. The fraction of sp³-hybridized carbons (Fsp3) is 0.538. The van der Waals surface area contributed by atoms with Gasteiger partial charge in [-0.2, -0.15) is 9.37 Å². The highest BCUT2D eigenvalue weighted by Gasteiger charge is 2.37. The van der Waals surface area contributed by atoms with E-state index in [9.17, 15) is 4.39 Å². The first-order chi connectivity index (χ1) is 8.71. The van der Waals surface area contributed by atoms with Gasteiger partial charge in [-0.05, 0) is 30.3 Å². The van der Waals surface area contributed by atoms with Gasteiger partial charge in [0.05, 0.1) is 12.0 Å². The molecule has 6 heteroatoms. The van der Waals surface area contributed by atoms with Gasteiger partial charge in [0.25, 0.3) is 5.71 Å². The van der Waals surface area contributed by atoms with Crippen LogP contribution in [0.1, 0.15) is 26.5 Å². The lowest BCUT2D eigenvalue weighted by molar-refractivity contribution is 0.265. The first-order valence-electron chi connectivity index (χ1n) is 6.25. The summed E-state index contributed by atoms with van der Waals surface area (Å²) < 4.78 is 24.0. The molecule has 0 spiro atoms. The minimum atomic E-state index is -1.84. The van der Waals surface area contributed by atoms with E-state index in [1.54, 1.807) is 6.07 Å². The Labute approximate surface area is 113 Å². The second-order valence-electron chi connectivity index (χ2n) is 6.16. The van der Waals surface area contributed by atoms with E-state index in [-0.39, 0.29) is 10.8 Å². The maximum atomic E-state index is 13.0. The molecule has 2 rings (SSSR count). The van der Waals surface area contributed by atoms with Crippen molar-refractivity contribution in [3.8, 4) is 0 Å². The van der Waals surface area contributed by atoms with Gasteiger partial charge in [-0.1, -0.05) is 25.9 Å². The second-order valence-corrected chi connectivity index (χ2v) is 11.0. The third-order valence-electron chi connectivity index (χ3n) is 3.76. The zero-order valence-electron chi connectivity index (χ0n) is 12.0. The largest absolute Gasteiger partial charge is 0.411 e. The van der Waals surface area contributed by atoms with Crippen molar-refractivity contribution in [3.63, 3.8) is 0 Å². The monoisotopic (exact) mass is 282 g/mol. The number of aromatic nitrogens is 2. The van der Waals surface area contributed by atoms with E-state index in [2.05, 4.69) is 44.0 Å². The van der Waals surface area contributed by atoms with Crippen molar-refractivity contribution in [1.29, 1.82) is 0 Å². The molecule has 0 aliphatic carbocycles. The van der Waals surface area contributed by atoms with Crippen molar-refractivity contribution >= 4 is 19.4 Å². The molecule has 0 atom stereocenters. The minimum absolute atomic E-state index is 0.136. The Balaban J connectivity index is 2.19. The van der Waals surface area contributed by atoms with Crippen LogP contribution in [-0.2, 0) is 11.0 Å². The van der Waals surface area contributed by atoms with Crippen molar-refractivity contribution in [1.82, 2.24) is 10.1 Å². The number of nitrogens with zero attached hydrogens (tertiary/aromatic N) is 2. The van der Waals surface area contributed by atoms with Gasteiger partial charge >= 0.3 is 0 Å². The zero-order chi connectivity index (χ0) is 14.3. The summed E-state index contributed by atoms with van der Waals surface area (Å²) in [4.78, 5) is 3.65. The molecule has 0 saturated heterocycles. The van der Waals surface area contributed by atoms with Gasteiger partial charge in [-0.3, -0.25) is 0 Å². The van der Waals surface area contributed by atoms with Gasteiger partial charge in [0, 0.05) is 0 Å². The van der Waals surface area contributed by atoms with Crippen LogP contribution >= 0.6 is 0 Å². The summed E-state index contributed by atoms with van der Waals surface area (Å²) in [6.07, 6.45) is 0. The molecule has 0 fully saturated rings. The molecule has 0 N–H and O–H groups in total. The molecule has 2 heterocycles. The first-order valence-corrected chi connectivity index (χ1v) is 9.16. The van der Waals surface area contributed by atoms with Crippen molar-refractivity contribution in [2.24, 2.45) is 0 Å². The molecule has 0 aliphatic heterocycles. The predicted octanol–water partition coefficient (Wildman–Crippen LogP) is 3.88. The highest BCUT2D eigenvalue weighted by Crippen LogP contribution is 2.37. The van der Waals surface area contributed by atoms with Crippen molar-refractivity contribution < 1.29 is 13.3 Å². The highest BCUT2D eigenvalue weighted by atomic mass is 28.4. The minimum Gasteiger partial charge on any atom is -0.411 e. The number of fused-ring (bicyclic) bond motifs is 1. The van der Waals surface area contributed by atoms with Crippen LogP contribution in [-0.4, -0.2) is 18.5 Å². The molecule has 0 amide bonds. The number of halogens is 1. The summed E-state index contributed by atoms with van der Waals surface area (Å²) in [5.41, 5.74) is 0.890. The van der Waals surface area contributed by atoms with E-state index >= 15 is 0 Å². The molecule has 2 aromatic rings. The summed E-state index contributed by atoms with van der Waals surface area (Å²) in [5, 5.41) is 4.76. The number of hydrogen-bond donors (Lipinski definition) is 0. The van der Waals surface area contributed by atoms with E-state index in [0.29, 0.717) is 17.7 Å². The van der Waals surface area contributed by atoms with Crippen LogP contribution in [0.15, 0.2) is 16.7 Å². The molecule has 0 aromatic carbocycles. The SMILES string of the molecule is CC(C)(C)[Si](C)(C)OCc1noc2nc(F)ccc12. The molecule has 19 heavy (non-hydrogen) atoms. The third-order valence-corrected chi connectivity index (χ3v) is 8.23. The Morgan fingerprint density at radius 3 is 2.63 bits per heavy atom. The molecule has 0 radical (unpaired) electrons. The van der Waals surface area contributed by atoms with Crippen LogP contribution in [0.25, 0.3) is 11.1 Å². The van der Waals surface area contributed by atoms with E-state index in [1.165, 1.54) is 6.07 Å². The summed E-state index contributed by atoms with van der Waals surface area (Å²) in [6.45, 7) is 11.3. The van der Waals surface area contributed by atoms with Crippen LogP contribution in [0.5, 0.6) is 0 Å². The molecule has 2 aromatic heterocycles. The lowest BCUT2D eigenvalue weighted by Gasteiger charge is -2.35. The van der Waals surface area contributed by atoms with Crippen LogP contribution in [0.2, 0.25) is 18.1 Å². The number of rotatable bonds is 3. The Bertz CT molecular complexity index is 590. The molecule has 104 valence electrons. The fourth-order valence-electron chi connectivity index (χ4n) is 1.42. The van der Waals surface area contributed by atoms with E-state index in [1.807, 2.05) is 0 Å². The standard InChI is InChI=1S/C13H19FN2O2Si/c1-13(2,3)19(4,5)17-8-10-9-6-7-11(14)15-12(9)18-16-10/h6-7H,8H2,1-5H3. The van der Waals surface area contributed by atoms with Crippen molar-refractivity contribution in [2.75, 3.05) is 0 Å². The van der Waals surface area contributed by atoms with Gasteiger partial charge in [-0.25, -0.2) is 0 Å². The molecule has 0 unspecified atom stereocenters. The smallest absolute Gasteiger partial charge is 0.260 e. The molecule has 0 bridgehead atoms. The van der Waals surface area contributed by atoms with Crippen molar-refractivity contribution in [3.05, 3.63) is 23.8 Å². The Morgan fingerprint density at radius 1 is 1.32 bits per heavy atom. The zero-order valence-corrected chi connectivity index (χ0v) is 13.0. The van der Waals surface area contributed by atoms with Crippen LogP contribution in [0.4, 0.5) is 4.39 Å². The summed E-state index contributed by atoms with van der Waals surface area (Å²) in [7, 11) is -1.84. The van der Waals surface area contributed by atoms with Crippen molar-refractivity contribution in [2.45, 2.75) is 45.5 Å². The predicted molar refractivity (Wildman–Crippen MR) is 73.7 cm³/mol. The number of pyridine rings is 1. The number of hydrogen-bond acceptors (Lipinski definition) is 4. The third kappa shape index (κ3) is 2.84. The molecular weight excluding hydrogens is 263 g/mol. The van der Waals surface area contributed by atoms with E-state index in [0.717, 1.165) is 0 Å². The highest BCUT2D eigenvalue weighted by molar-refractivity contribution is 6.74. The van der Waals surface area contributed by atoms with E-state index in [4.69, 9.17) is 8.95 Å².